The number of hydrogen-bond acceptors (Lipinski definition) is 2. The molecule has 0 aromatic carbocycles. The van der Waals surface area contributed by atoms with Crippen LogP contribution in [0.3, 0.4) is 0 Å². The molecule has 3 heteroatoms. The third-order valence-corrected chi connectivity index (χ3v) is 4.25. The molecule has 1 saturated carbocycles. The van der Waals surface area contributed by atoms with Crippen molar-refractivity contribution >= 4 is 10.8 Å². The molecule has 1 aliphatic carbocycles. The maximum absolute atomic E-state index is 11.5. The van der Waals surface area contributed by atoms with Crippen LogP contribution in [0.15, 0.2) is 0 Å². The highest BCUT2D eigenvalue weighted by molar-refractivity contribution is 7.85. The first kappa shape index (κ1) is 9.20. The molecule has 66 valence electrons. The van der Waals surface area contributed by atoms with E-state index in [1.165, 1.54) is 12.8 Å². The first-order valence-electron chi connectivity index (χ1n) is 4.34. The number of rotatable bonds is 3. The van der Waals surface area contributed by atoms with Gasteiger partial charge in [-0.25, -0.2) is 0 Å². The van der Waals surface area contributed by atoms with E-state index < -0.39 is 10.8 Å². The molecule has 0 amide bonds. The van der Waals surface area contributed by atoms with Crippen molar-refractivity contribution in [2.24, 2.45) is 0 Å². The van der Waals surface area contributed by atoms with Crippen molar-refractivity contribution in [3.05, 3.63) is 0 Å². The van der Waals surface area contributed by atoms with Crippen LogP contribution in [0.5, 0.6) is 0 Å². The van der Waals surface area contributed by atoms with Crippen molar-refractivity contribution in [3.63, 3.8) is 0 Å². The summed E-state index contributed by atoms with van der Waals surface area (Å²) in [6.07, 6.45) is 3.58. The molecule has 1 aliphatic rings. The molecule has 3 atom stereocenters. The highest BCUT2D eigenvalue weighted by Crippen LogP contribution is 2.23. The van der Waals surface area contributed by atoms with Crippen LogP contribution in [0.2, 0.25) is 0 Å². The number of hydrogen-bond donors (Lipinski definition) is 1. The lowest BCUT2D eigenvalue weighted by molar-refractivity contribution is 0.576. The predicted octanol–water partition coefficient (Wildman–Crippen LogP) is 0.895. The van der Waals surface area contributed by atoms with Crippen molar-refractivity contribution in [2.75, 3.05) is 12.8 Å². The van der Waals surface area contributed by atoms with E-state index in [4.69, 9.17) is 0 Å². The molecule has 0 aliphatic heterocycles. The van der Waals surface area contributed by atoms with E-state index in [2.05, 4.69) is 5.32 Å². The minimum absolute atomic E-state index is 0.421. The van der Waals surface area contributed by atoms with Gasteiger partial charge in [-0.2, -0.15) is 0 Å². The summed E-state index contributed by atoms with van der Waals surface area (Å²) >= 11 is 0. The van der Waals surface area contributed by atoms with Crippen LogP contribution in [0.4, 0.5) is 0 Å². The lowest BCUT2D eigenvalue weighted by atomic mass is 10.2. The lowest BCUT2D eigenvalue weighted by Gasteiger charge is -2.17. The summed E-state index contributed by atoms with van der Waals surface area (Å²) in [5.74, 6) is 0.808. The van der Waals surface area contributed by atoms with Gasteiger partial charge in [-0.05, 0) is 19.9 Å². The SMILES string of the molecule is CCS(=O)C1CCCC1NC. The third-order valence-electron chi connectivity index (χ3n) is 2.45. The van der Waals surface area contributed by atoms with Crippen LogP contribution < -0.4 is 5.32 Å². The summed E-state index contributed by atoms with van der Waals surface area (Å²) in [5, 5.41) is 3.66. The predicted molar refractivity (Wildman–Crippen MR) is 49.2 cm³/mol. The fraction of sp³-hybridized carbons (Fsp3) is 1.00. The van der Waals surface area contributed by atoms with Gasteiger partial charge in [0.1, 0.15) is 0 Å². The summed E-state index contributed by atoms with van der Waals surface area (Å²) < 4.78 is 11.5. The number of nitrogens with one attached hydrogen (secondary N) is 1. The average Bonchev–Trinajstić information content (AvgIpc) is 2.50. The fourth-order valence-electron chi connectivity index (χ4n) is 1.78. The Bertz CT molecular complexity index is 149. The Balaban J connectivity index is 2.49. The van der Waals surface area contributed by atoms with Crippen molar-refractivity contribution in [1.29, 1.82) is 0 Å². The Labute approximate surface area is 71.2 Å². The van der Waals surface area contributed by atoms with Gasteiger partial charge in [0.15, 0.2) is 0 Å². The molecule has 11 heavy (non-hydrogen) atoms. The Morgan fingerprint density at radius 1 is 1.55 bits per heavy atom. The summed E-state index contributed by atoms with van der Waals surface area (Å²) in [6, 6.07) is 0.510. The third kappa shape index (κ3) is 2.03. The van der Waals surface area contributed by atoms with Gasteiger partial charge in [-0.3, -0.25) is 4.21 Å². The van der Waals surface area contributed by atoms with Crippen molar-refractivity contribution in [3.8, 4) is 0 Å². The second kappa shape index (κ2) is 4.21. The van der Waals surface area contributed by atoms with Gasteiger partial charge in [0.25, 0.3) is 0 Å². The zero-order valence-electron chi connectivity index (χ0n) is 7.30. The van der Waals surface area contributed by atoms with Crippen molar-refractivity contribution in [2.45, 2.75) is 37.5 Å². The maximum Gasteiger partial charge on any atom is 0.0501 e. The first-order valence-corrected chi connectivity index (χ1v) is 5.72. The van der Waals surface area contributed by atoms with Gasteiger partial charge < -0.3 is 5.32 Å². The van der Waals surface area contributed by atoms with E-state index in [1.807, 2.05) is 14.0 Å². The van der Waals surface area contributed by atoms with Gasteiger partial charge >= 0.3 is 0 Å². The topological polar surface area (TPSA) is 29.1 Å². The molecule has 3 unspecified atom stereocenters. The van der Waals surface area contributed by atoms with Crippen LogP contribution in [0, 0.1) is 0 Å². The largest absolute Gasteiger partial charge is 0.316 e. The summed E-state index contributed by atoms with van der Waals surface area (Å²) in [6.45, 7) is 2.00. The quantitative estimate of drug-likeness (QED) is 0.690. The highest BCUT2D eigenvalue weighted by Gasteiger charge is 2.29. The molecule has 0 radical (unpaired) electrons. The van der Waals surface area contributed by atoms with E-state index in [9.17, 15) is 4.21 Å². The van der Waals surface area contributed by atoms with Crippen LogP contribution in [0.25, 0.3) is 0 Å². The van der Waals surface area contributed by atoms with Gasteiger partial charge in [0.05, 0.1) is 5.25 Å². The zero-order valence-corrected chi connectivity index (χ0v) is 8.12. The lowest BCUT2D eigenvalue weighted by Crippen LogP contribution is -2.36. The van der Waals surface area contributed by atoms with E-state index in [1.54, 1.807) is 0 Å². The second-order valence-electron chi connectivity index (χ2n) is 3.03. The molecule has 0 aromatic rings. The Kier molecular flexibility index (Phi) is 3.52. The van der Waals surface area contributed by atoms with Crippen LogP contribution in [-0.2, 0) is 10.8 Å². The molecule has 2 nitrogen and oxygen atoms in total. The molecule has 0 saturated heterocycles. The molecule has 0 aromatic heterocycles. The van der Waals surface area contributed by atoms with Gasteiger partial charge in [-0.15, -0.1) is 0 Å². The van der Waals surface area contributed by atoms with Gasteiger partial charge in [0, 0.05) is 22.6 Å². The van der Waals surface area contributed by atoms with Crippen LogP contribution >= 0.6 is 0 Å². The summed E-state index contributed by atoms with van der Waals surface area (Å²) in [5.41, 5.74) is 0. The zero-order chi connectivity index (χ0) is 8.27. The van der Waals surface area contributed by atoms with Crippen molar-refractivity contribution in [1.82, 2.24) is 5.32 Å². The van der Waals surface area contributed by atoms with E-state index in [-0.39, 0.29) is 0 Å². The molecule has 1 rings (SSSR count). The minimum Gasteiger partial charge on any atom is -0.316 e. The summed E-state index contributed by atoms with van der Waals surface area (Å²) in [7, 11) is 1.37. The van der Waals surface area contributed by atoms with Crippen molar-refractivity contribution < 1.29 is 4.21 Å². The van der Waals surface area contributed by atoms with E-state index >= 15 is 0 Å². The fourth-order valence-corrected chi connectivity index (χ4v) is 3.28. The highest BCUT2D eigenvalue weighted by atomic mass is 32.2. The monoisotopic (exact) mass is 175 g/mol. The smallest absolute Gasteiger partial charge is 0.0501 e. The molecule has 1 N–H and O–H groups in total. The van der Waals surface area contributed by atoms with Gasteiger partial charge in [-0.1, -0.05) is 13.3 Å². The van der Waals surface area contributed by atoms with E-state index in [0.29, 0.717) is 11.3 Å². The Hall–Kier alpha value is 0.110. The maximum atomic E-state index is 11.5. The standard InChI is InChI=1S/C8H17NOS/c1-3-11(10)8-6-4-5-7(8)9-2/h7-9H,3-6H2,1-2H3. The Morgan fingerprint density at radius 3 is 2.82 bits per heavy atom. The molecular formula is C8H17NOS. The first-order chi connectivity index (χ1) is 5.29. The van der Waals surface area contributed by atoms with Crippen LogP contribution in [0.1, 0.15) is 26.2 Å². The van der Waals surface area contributed by atoms with Crippen LogP contribution in [-0.4, -0.2) is 28.3 Å². The van der Waals surface area contributed by atoms with Gasteiger partial charge in [0.2, 0.25) is 0 Å². The molecule has 1 fully saturated rings. The molecule has 0 bridgehead atoms. The minimum atomic E-state index is -0.595. The Morgan fingerprint density at radius 2 is 2.27 bits per heavy atom. The molecular weight excluding hydrogens is 158 g/mol. The molecule has 0 heterocycles. The normalized spacial score (nSPS) is 34.0. The van der Waals surface area contributed by atoms with E-state index in [0.717, 1.165) is 12.2 Å². The average molecular weight is 175 g/mol. The second-order valence-corrected chi connectivity index (χ2v) is 4.98. The molecule has 0 spiro atoms. The summed E-state index contributed by atoms with van der Waals surface area (Å²) in [4.78, 5) is 0.